The van der Waals surface area contributed by atoms with Crippen LogP contribution in [0.15, 0.2) is 49.2 Å². The predicted octanol–water partition coefficient (Wildman–Crippen LogP) is 3.60. The Bertz CT molecular complexity index is 1130. The van der Waals surface area contributed by atoms with Crippen molar-refractivity contribution in [2.75, 3.05) is 5.73 Å². The summed E-state index contributed by atoms with van der Waals surface area (Å²) in [6.45, 7) is 0.383. The van der Waals surface area contributed by atoms with Gasteiger partial charge in [-0.2, -0.15) is 0 Å². The fraction of sp³-hybridized carbons (Fsp3) is 0.111. The molecule has 0 unspecified atom stereocenters. The number of fused-ring (bicyclic) bond motifs is 1. The molecule has 0 atom stereocenters. The van der Waals surface area contributed by atoms with Crippen LogP contribution in [0.25, 0.3) is 22.4 Å². The topological polar surface area (TPSA) is 82.5 Å². The highest BCUT2D eigenvalue weighted by Gasteiger charge is 2.17. The summed E-state index contributed by atoms with van der Waals surface area (Å²) in [5.41, 5.74) is 7.76. The molecule has 4 rings (SSSR count). The summed E-state index contributed by atoms with van der Waals surface area (Å²) in [5, 5.41) is 0. The van der Waals surface area contributed by atoms with E-state index >= 15 is 0 Å². The number of imidazole rings is 1. The molecule has 3 aromatic heterocycles. The van der Waals surface area contributed by atoms with E-state index in [4.69, 9.17) is 5.73 Å². The highest BCUT2D eigenvalue weighted by atomic mass is 19.3. The van der Waals surface area contributed by atoms with Crippen LogP contribution in [0.4, 0.5) is 19.0 Å². The minimum atomic E-state index is -2.81. The third-order valence-electron chi connectivity index (χ3n) is 4.13. The summed E-state index contributed by atoms with van der Waals surface area (Å²) in [4.78, 5) is 16.4. The zero-order valence-electron chi connectivity index (χ0n) is 13.9. The van der Waals surface area contributed by atoms with Crippen LogP contribution in [0.5, 0.6) is 0 Å². The second-order valence-corrected chi connectivity index (χ2v) is 5.89. The Hall–Kier alpha value is -3.49. The molecule has 0 radical (unpaired) electrons. The van der Waals surface area contributed by atoms with Crippen molar-refractivity contribution in [2.45, 2.75) is 13.0 Å². The Balaban J connectivity index is 1.72. The lowest BCUT2D eigenvalue weighted by Gasteiger charge is -2.10. The number of aromatic nitrogens is 5. The minimum absolute atomic E-state index is 0.190. The van der Waals surface area contributed by atoms with E-state index < -0.39 is 17.8 Å². The lowest BCUT2D eigenvalue weighted by molar-refractivity contribution is 0.151. The van der Waals surface area contributed by atoms with Crippen LogP contribution in [0.2, 0.25) is 0 Å². The van der Waals surface area contributed by atoms with Crippen molar-refractivity contribution < 1.29 is 13.2 Å². The number of nitrogens with two attached hydrogens (primary N) is 1. The molecule has 0 saturated heterocycles. The number of halogens is 3. The van der Waals surface area contributed by atoms with E-state index in [9.17, 15) is 13.2 Å². The molecule has 4 aromatic rings. The number of benzene rings is 1. The zero-order valence-corrected chi connectivity index (χ0v) is 13.9. The number of nitrogens with zero attached hydrogens (tertiary/aromatic N) is 5. The zero-order chi connectivity index (χ0) is 19.0. The Morgan fingerprint density at radius 1 is 1.04 bits per heavy atom. The van der Waals surface area contributed by atoms with Crippen LogP contribution in [0, 0.1) is 5.82 Å². The van der Waals surface area contributed by atoms with E-state index in [1.807, 2.05) is 0 Å². The number of pyridine rings is 1. The molecule has 3 heterocycles. The standard InChI is InChI=1S/C18H13F3N6/c19-11-1-2-12(13(6-11)16(20)21)14-5-10(3-4-23-14)7-27-9-26-15-17(22)24-8-25-18(15)27/h1-6,8-9,16H,7H2,(H2,22,24,25). The predicted molar refractivity (Wildman–Crippen MR) is 93.4 cm³/mol. The molecule has 0 amide bonds. The first-order valence-corrected chi connectivity index (χ1v) is 7.97. The fourth-order valence-electron chi connectivity index (χ4n) is 2.88. The van der Waals surface area contributed by atoms with Crippen molar-refractivity contribution in [1.29, 1.82) is 0 Å². The van der Waals surface area contributed by atoms with Crippen molar-refractivity contribution in [3.8, 4) is 11.3 Å². The van der Waals surface area contributed by atoms with Crippen LogP contribution < -0.4 is 5.73 Å². The van der Waals surface area contributed by atoms with E-state index in [2.05, 4.69) is 19.9 Å². The van der Waals surface area contributed by atoms with Crippen LogP contribution in [0.1, 0.15) is 17.6 Å². The van der Waals surface area contributed by atoms with Gasteiger partial charge >= 0.3 is 0 Å². The van der Waals surface area contributed by atoms with Gasteiger partial charge in [-0.15, -0.1) is 0 Å². The van der Waals surface area contributed by atoms with Crippen LogP contribution in [0.3, 0.4) is 0 Å². The maximum absolute atomic E-state index is 13.3. The molecule has 0 saturated carbocycles. The molecule has 6 nitrogen and oxygen atoms in total. The van der Waals surface area contributed by atoms with Gasteiger partial charge in [-0.25, -0.2) is 28.1 Å². The number of hydrogen-bond acceptors (Lipinski definition) is 5. The maximum Gasteiger partial charge on any atom is 0.264 e. The lowest BCUT2D eigenvalue weighted by atomic mass is 10.0. The molecule has 0 fully saturated rings. The van der Waals surface area contributed by atoms with Gasteiger partial charge in [-0.1, -0.05) is 0 Å². The SMILES string of the molecule is Nc1ncnc2c1ncn2Cc1ccnc(-c2ccc(F)cc2C(F)F)c1. The van der Waals surface area contributed by atoms with Crippen LogP contribution in [-0.4, -0.2) is 24.5 Å². The quantitative estimate of drug-likeness (QED) is 0.594. The largest absolute Gasteiger partial charge is 0.382 e. The third-order valence-corrected chi connectivity index (χ3v) is 4.13. The number of hydrogen-bond donors (Lipinski definition) is 1. The van der Waals surface area contributed by atoms with Gasteiger partial charge in [-0.3, -0.25) is 4.98 Å². The molecular formula is C18H13F3N6. The van der Waals surface area contributed by atoms with Crippen LogP contribution >= 0.6 is 0 Å². The van der Waals surface area contributed by atoms with Gasteiger partial charge in [0.15, 0.2) is 11.5 Å². The number of alkyl halides is 2. The first-order chi connectivity index (χ1) is 13.0. The van der Waals surface area contributed by atoms with E-state index in [1.165, 1.54) is 18.6 Å². The maximum atomic E-state index is 13.3. The van der Waals surface area contributed by atoms with Gasteiger partial charge < -0.3 is 10.3 Å². The fourth-order valence-corrected chi connectivity index (χ4v) is 2.88. The normalized spacial score (nSPS) is 11.4. The van der Waals surface area contributed by atoms with Crippen molar-refractivity contribution >= 4 is 17.0 Å². The number of rotatable bonds is 4. The number of anilines is 1. The first kappa shape index (κ1) is 17.0. The van der Waals surface area contributed by atoms with E-state index in [1.54, 1.807) is 23.0 Å². The molecule has 27 heavy (non-hydrogen) atoms. The van der Waals surface area contributed by atoms with Crippen LogP contribution in [-0.2, 0) is 6.54 Å². The van der Waals surface area contributed by atoms with E-state index in [-0.39, 0.29) is 11.4 Å². The highest BCUT2D eigenvalue weighted by molar-refractivity contribution is 5.81. The third kappa shape index (κ3) is 3.19. The minimum Gasteiger partial charge on any atom is -0.382 e. The molecule has 9 heteroatoms. The van der Waals surface area contributed by atoms with Crippen molar-refractivity contribution in [1.82, 2.24) is 24.5 Å². The average Bonchev–Trinajstić information content (AvgIpc) is 3.06. The molecule has 0 aliphatic carbocycles. The first-order valence-electron chi connectivity index (χ1n) is 7.97. The van der Waals surface area contributed by atoms with Crippen molar-refractivity contribution in [3.63, 3.8) is 0 Å². The molecule has 2 N–H and O–H groups in total. The smallest absolute Gasteiger partial charge is 0.264 e. The molecule has 136 valence electrons. The molecule has 0 spiro atoms. The summed E-state index contributed by atoms with van der Waals surface area (Å²) < 4.78 is 41.7. The lowest BCUT2D eigenvalue weighted by Crippen LogP contribution is -2.02. The molecule has 0 aliphatic rings. The molecular weight excluding hydrogens is 357 g/mol. The number of nitrogen functional groups attached to an aromatic ring is 1. The van der Waals surface area contributed by atoms with Crippen molar-refractivity contribution in [2.24, 2.45) is 0 Å². The molecule has 1 aromatic carbocycles. The summed E-state index contributed by atoms with van der Waals surface area (Å²) >= 11 is 0. The monoisotopic (exact) mass is 370 g/mol. The Labute approximate surface area is 151 Å². The summed E-state index contributed by atoms with van der Waals surface area (Å²) in [5.74, 6) is -0.436. The summed E-state index contributed by atoms with van der Waals surface area (Å²) in [6, 6.07) is 6.71. The van der Waals surface area contributed by atoms with Crippen molar-refractivity contribution in [3.05, 3.63) is 66.1 Å². The van der Waals surface area contributed by atoms with E-state index in [0.29, 0.717) is 23.4 Å². The summed E-state index contributed by atoms with van der Waals surface area (Å²) in [6.07, 6.45) is 1.64. The van der Waals surface area contributed by atoms with Gasteiger partial charge in [0, 0.05) is 17.3 Å². The van der Waals surface area contributed by atoms with Gasteiger partial charge in [0.1, 0.15) is 17.7 Å². The Morgan fingerprint density at radius 3 is 2.70 bits per heavy atom. The van der Waals surface area contributed by atoms with E-state index in [0.717, 1.165) is 17.7 Å². The van der Waals surface area contributed by atoms with Gasteiger partial charge in [0.25, 0.3) is 6.43 Å². The van der Waals surface area contributed by atoms with Gasteiger partial charge in [0.2, 0.25) is 0 Å². The summed E-state index contributed by atoms with van der Waals surface area (Å²) in [7, 11) is 0. The molecule has 0 bridgehead atoms. The average molecular weight is 370 g/mol. The van der Waals surface area contributed by atoms with Gasteiger partial charge in [-0.05, 0) is 35.9 Å². The second-order valence-electron chi connectivity index (χ2n) is 5.89. The van der Waals surface area contributed by atoms with Gasteiger partial charge in [0.05, 0.1) is 18.6 Å². The Morgan fingerprint density at radius 2 is 1.89 bits per heavy atom. The molecule has 0 aliphatic heterocycles. The highest BCUT2D eigenvalue weighted by Crippen LogP contribution is 2.31. The second kappa shape index (κ2) is 6.67. The Kier molecular flexibility index (Phi) is 4.19.